The molecule has 49 heavy (non-hydrogen) atoms. The van der Waals surface area contributed by atoms with Crippen molar-refractivity contribution in [2.75, 3.05) is 25.7 Å². The van der Waals surface area contributed by atoms with Crippen molar-refractivity contribution in [1.29, 1.82) is 0 Å². The summed E-state index contributed by atoms with van der Waals surface area (Å²) in [5.41, 5.74) is 4.47. The van der Waals surface area contributed by atoms with Gasteiger partial charge in [-0.15, -0.1) is 10.2 Å². The van der Waals surface area contributed by atoms with E-state index >= 15 is 0 Å². The summed E-state index contributed by atoms with van der Waals surface area (Å²) in [4.78, 5) is 17.3. The van der Waals surface area contributed by atoms with E-state index in [1.165, 1.54) is 30.0 Å². The molecule has 0 saturated heterocycles. The van der Waals surface area contributed by atoms with Crippen LogP contribution in [0.1, 0.15) is 30.7 Å². The van der Waals surface area contributed by atoms with Gasteiger partial charge in [0.1, 0.15) is 17.4 Å². The summed E-state index contributed by atoms with van der Waals surface area (Å²) in [7, 11) is 4.06. The molecule has 0 saturated carbocycles. The molecule has 13 heteroatoms. The zero-order chi connectivity index (χ0) is 34.7. The number of phenols is 1. The Hall–Kier alpha value is -4.85. The van der Waals surface area contributed by atoms with Gasteiger partial charge in [0.05, 0.1) is 21.7 Å². The number of hydrogen-bond donors (Lipinski definition) is 3. The van der Waals surface area contributed by atoms with Crippen LogP contribution in [0.5, 0.6) is 5.75 Å². The molecule has 0 spiro atoms. The summed E-state index contributed by atoms with van der Waals surface area (Å²) in [5.74, 6) is 0.280. The van der Waals surface area contributed by atoms with Crippen LogP contribution in [0.3, 0.4) is 0 Å². The Labute approximate surface area is 292 Å². The summed E-state index contributed by atoms with van der Waals surface area (Å²) in [5, 5.41) is 29.2. The van der Waals surface area contributed by atoms with Crippen molar-refractivity contribution < 1.29 is 14.3 Å². The Kier molecular flexibility index (Phi) is 9.95. The van der Waals surface area contributed by atoms with Gasteiger partial charge in [-0.3, -0.25) is 9.72 Å². The minimum absolute atomic E-state index is 0.0629. The van der Waals surface area contributed by atoms with Gasteiger partial charge in [-0.1, -0.05) is 42.1 Å². The molecule has 2 amide bonds. The fraction of sp³-hybridized carbons (Fsp3) is 0.222. The maximum Gasteiger partial charge on any atom is 0.320 e. The second kappa shape index (κ2) is 14.3. The second-order valence-corrected chi connectivity index (χ2v) is 14.8. The number of amides is 2. The van der Waals surface area contributed by atoms with Gasteiger partial charge in [-0.2, -0.15) is 16.9 Å². The fourth-order valence-corrected chi connectivity index (χ4v) is 6.50. The van der Waals surface area contributed by atoms with Crippen LogP contribution in [-0.4, -0.2) is 60.8 Å². The lowest BCUT2D eigenvalue weighted by atomic mass is 10.1. The number of aromatic nitrogens is 5. The molecule has 0 aliphatic rings. The highest BCUT2D eigenvalue weighted by atomic mass is 32.2. The molecule has 3 aromatic carbocycles. The predicted molar refractivity (Wildman–Crippen MR) is 194 cm³/mol. The Morgan fingerprint density at radius 1 is 1.00 bits per heavy atom. The number of phenolic OH excluding ortho intramolecular Hbond substituents is 1. The Morgan fingerprint density at radius 2 is 1.82 bits per heavy atom. The number of fused-ring (bicyclic) bond motifs is 1. The van der Waals surface area contributed by atoms with Crippen molar-refractivity contribution in [3.05, 3.63) is 114 Å². The van der Waals surface area contributed by atoms with Crippen LogP contribution in [0.2, 0.25) is 0 Å². The van der Waals surface area contributed by atoms with E-state index in [9.17, 15) is 14.3 Å². The molecule has 0 unspecified atom stereocenters. The zero-order valence-electron chi connectivity index (χ0n) is 27.8. The summed E-state index contributed by atoms with van der Waals surface area (Å²) >= 11 is 3.19. The predicted octanol–water partition coefficient (Wildman–Crippen LogP) is 7.56. The number of halogens is 1. The van der Waals surface area contributed by atoms with E-state index in [-0.39, 0.29) is 34.5 Å². The highest BCUT2D eigenvalue weighted by Crippen LogP contribution is 2.35. The van der Waals surface area contributed by atoms with Crippen LogP contribution < -0.4 is 10.6 Å². The first-order valence-corrected chi connectivity index (χ1v) is 17.6. The quantitative estimate of drug-likeness (QED) is 0.127. The van der Waals surface area contributed by atoms with Crippen LogP contribution in [-0.2, 0) is 17.8 Å². The molecule has 0 fully saturated rings. The van der Waals surface area contributed by atoms with Crippen molar-refractivity contribution in [3.8, 4) is 22.8 Å². The topological polar surface area (TPSA) is 113 Å². The molecular formula is C36H37FN8O2S2. The lowest BCUT2D eigenvalue weighted by Gasteiger charge is -2.18. The van der Waals surface area contributed by atoms with E-state index < -0.39 is 5.82 Å². The molecule has 10 nitrogen and oxygen atoms in total. The van der Waals surface area contributed by atoms with Gasteiger partial charge in [0.25, 0.3) is 0 Å². The average Bonchev–Trinajstić information content (AvgIpc) is 3.70. The first-order chi connectivity index (χ1) is 23.5. The number of nitrogens with zero attached hydrogens (tertiary/aromatic N) is 6. The molecule has 3 heterocycles. The molecule has 0 radical (unpaired) electrons. The highest BCUT2D eigenvalue weighted by molar-refractivity contribution is 7.99. The third kappa shape index (κ3) is 7.74. The van der Waals surface area contributed by atoms with Gasteiger partial charge in [0, 0.05) is 35.1 Å². The maximum atomic E-state index is 14.6. The lowest BCUT2D eigenvalue weighted by Crippen LogP contribution is -2.29. The van der Waals surface area contributed by atoms with E-state index in [1.807, 2.05) is 75.1 Å². The minimum atomic E-state index is -0.509. The largest absolute Gasteiger partial charge is 0.508 e. The van der Waals surface area contributed by atoms with E-state index in [1.54, 1.807) is 26.9 Å². The SMILES string of the molecule is CSC(C)(C)c1cc(NC(=O)NCc2ccccc2Sc2ccc3nnc(-c4cc(O)ccc4F)n3c2)n(-c2cccc(CN(C)C)c2)n1. The molecular weight excluding hydrogens is 660 g/mol. The van der Waals surface area contributed by atoms with Gasteiger partial charge in [0.2, 0.25) is 0 Å². The Morgan fingerprint density at radius 3 is 2.61 bits per heavy atom. The van der Waals surface area contributed by atoms with Gasteiger partial charge in [-0.05, 0) is 93.9 Å². The van der Waals surface area contributed by atoms with Crippen molar-refractivity contribution in [3.63, 3.8) is 0 Å². The normalized spacial score (nSPS) is 11.7. The standard InChI is InChI=1S/C36H37FN8O2S2/c1-36(2,48-5)31-19-33(45(42-31)25-11-8-9-23(17-25)21-43(3)4)39-35(47)38-20-24-10-6-7-12-30(24)49-27-14-16-32-40-41-34(44(32)22-27)28-18-26(46)13-15-29(28)37/h6-19,22,46H,20-21H2,1-5H3,(H2,38,39,47). The van der Waals surface area contributed by atoms with Gasteiger partial charge >= 0.3 is 6.03 Å². The highest BCUT2D eigenvalue weighted by Gasteiger charge is 2.25. The van der Waals surface area contributed by atoms with Crippen molar-refractivity contribution >= 4 is 41.0 Å². The number of anilines is 1. The smallest absolute Gasteiger partial charge is 0.320 e. The minimum Gasteiger partial charge on any atom is -0.508 e. The number of thioether (sulfide) groups is 1. The number of aromatic hydroxyl groups is 1. The molecule has 0 atom stereocenters. The van der Waals surface area contributed by atoms with E-state index in [2.05, 4.69) is 51.7 Å². The van der Waals surface area contributed by atoms with E-state index in [0.717, 1.165) is 38.8 Å². The van der Waals surface area contributed by atoms with Crippen LogP contribution in [0, 0.1) is 5.82 Å². The van der Waals surface area contributed by atoms with Gasteiger partial charge < -0.3 is 15.3 Å². The fourth-order valence-electron chi connectivity index (χ4n) is 5.23. The van der Waals surface area contributed by atoms with Crippen LogP contribution in [0.25, 0.3) is 22.7 Å². The molecule has 6 rings (SSSR count). The first-order valence-electron chi connectivity index (χ1n) is 15.5. The number of carbonyl (C=O) groups excluding carboxylic acids is 1. The number of nitrogens with one attached hydrogen (secondary N) is 2. The monoisotopic (exact) mass is 696 g/mol. The van der Waals surface area contributed by atoms with Crippen LogP contribution >= 0.6 is 23.5 Å². The molecule has 0 aliphatic heterocycles. The summed E-state index contributed by atoms with van der Waals surface area (Å²) in [6, 6.07) is 25.1. The van der Waals surface area contributed by atoms with Crippen molar-refractivity contribution in [1.82, 2.24) is 34.6 Å². The second-order valence-electron chi connectivity index (χ2n) is 12.2. The summed E-state index contributed by atoms with van der Waals surface area (Å²) in [6.07, 6.45) is 3.88. The van der Waals surface area contributed by atoms with E-state index in [0.29, 0.717) is 11.5 Å². The Bertz CT molecular complexity index is 2130. The first kappa shape index (κ1) is 34.0. The number of benzene rings is 3. The number of rotatable bonds is 11. The van der Waals surface area contributed by atoms with Crippen molar-refractivity contribution in [2.45, 2.75) is 41.5 Å². The van der Waals surface area contributed by atoms with Crippen molar-refractivity contribution in [2.24, 2.45) is 0 Å². The average molecular weight is 697 g/mol. The van der Waals surface area contributed by atoms with Gasteiger partial charge in [-0.25, -0.2) is 13.9 Å². The molecule has 6 aromatic rings. The summed E-state index contributed by atoms with van der Waals surface area (Å²) < 4.78 is 17.9. The molecule has 3 aromatic heterocycles. The number of carbonyl (C=O) groups is 1. The van der Waals surface area contributed by atoms with Crippen LogP contribution in [0.15, 0.2) is 101 Å². The zero-order valence-corrected chi connectivity index (χ0v) is 29.4. The third-order valence-corrected chi connectivity index (χ3v) is 10.3. The lowest BCUT2D eigenvalue weighted by molar-refractivity contribution is 0.251. The number of pyridine rings is 1. The maximum absolute atomic E-state index is 14.6. The Balaban J connectivity index is 1.20. The molecule has 3 N–H and O–H groups in total. The van der Waals surface area contributed by atoms with Gasteiger partial charge in [0.15, 0.2) is 11.5 Å². The molecule has 252 valence electrons. The molecule has 0 aliphatic carbocycles. The van der Waals surface area contributed by atoms with Crippen LogP contribution in [0.4, 0.5) is 15.0 Å². The van der Waals surface area contributed by atoms with E-state index in [4.69, 9.17) is 5.10 Å². The number of urea groups is 1. The third-order valence-electron chi connectivity index (χ3n) is 7.94. The number of hydrogen-bond acceptors (Lipinski definition) is 8. The molecule has 0 bridgehead atoms. The summed E-state index contributed by atoms with van der Waals surface area (Å²) in [6.45, 7) is 5.28.